The third-order valence-electron chi connectivity index (χ3n) is 4.49. The molecule has 0 unspecified atom stereocenters. The monoisotopic (exact) mass is 473 g/mol. The molecule has 1 aliphatic rings. The molecule has 4 rings (SSSR count). The molecule has 1 fully saturated rings. The number of amides is 1. The fraction of sp³-hybridized carbons (Fsp3) is 0.200. The second-order valence-electron chi connectivity index (χ2n) is 6.36. The van der Waals surface area contributed by atoms with Gasteiger partial charge < -0.3 is 14.2 Å². The zero-order valence-electron chi connectivity index (χ0n) is 15.8. The summed E-state index contributed by atoms with van der Waals surface area (Å²) < 4.78 is 17.2. The van der Waals surface area contributed by atoms with Gasteiger partial charge in [-0.2, -0.15) is 0 Å². The van der Waals surface area contributed by atoms with Crippen LogP contribution in [0.4, 0.5) is 10.5 Å². The fourth-order valence-corrected chi connectivity index (χ4v) is 3.50. The zero-order valence-corrected chi connectivity index (χ0v) is 17.4. The van der Waals surface area contributed by atoms with E-state index < -0.39 is 17.6 Å². The molecule has 0 bridgehead atoms. The summed E-state index contributed by atoms with van der Waals surface area (Å²) in [6.45, 7) is 0.567. The van der Waals surface area contributed by atoms with Crippen molar-refractivity contribution in [2.45, 2.75) is 6.61 Å². The lowest BCUT2D eigenvalue weighted by Crippen LogP contribution is -2.28. The number of aromatic nitrogens is 2. The Balaban J connectivity index is 1.89. The number of methoxy groups -OCH3 is 1. The summed E-state index contributed by atoms with van der Waals surface area (Å²) in [4.78, 5) is 43.4. The predicted octanol–water partition coefficient (Wildman–Crippen LogP) is 2.78. The first-order chi connectivity index (χ1) is 14.5. The second kappa shape index (κ2) is 8.15. The van der Waals surface area contributed by atoms with Crippen molar-refractivity contribution in [3.05, 3.63) is 68.7 Å². The number of fused-ring (bicyclic) bond motifs is 1. The molecule has 1 saturated heterocycles. The van der Waals surface area contributed by atoms with E-state index in [1.807, 2.05) is 30.3 Å². The molecule has 1 amide bonds. The topological polar surface area (TPSA) is 99.4 Å². The third kappa shape index (κ3) is 3.61. The highest BCUT2D eigenvalue weighted by molar-refractivity contribution is 9.10. The van der Waals surface area contributed by atoms with E-state index in [-0.39, 0.29) is 30.3 Å². The minimum Gasteiger partial charge on any atom is -0.481 e. The van der Waals surface area contributed by atoms with E-state index in [1.165, 1.54) is 22.6 Å². The summed E-state index contributed by atoms with van der Waals surface area (Å²) in [5.41, 5.74) is 0.367. The Morgan fingerprint density at radius 3 is 2.70 bits per heavy atom. The molecule has 1 aromatic carbocycles. The van der Waals surface area contributed by atoms with Gasteiger partial charge in [-0.3, -0.25) is 14.1 Å². The van der Waals surface area contributed by atoms with E-state index >= 15 is 0 Å². The Labute approximate surface area is 178 Å². The Kier molecular flexibility index (Phi) is 5.40. The Hall–Kier alpha value is -3.40. The molecule has 154 valence electrons. The van der Waals surface area contributed by atoms with Crippen molar-refractivity contribution in [3.8, 4) is 5.75 Å². The van der Waals surface area contributed by atoms with Crippen LogP contribution in [0, 0.1) is 0 Å². The van der Waals surface area contributed by atoms with Gasteiger partial charge in [-0.1, -0.05) is 30.3 Å². The van der Waals surface area contributed by atoms with Crippen LogP contribution in [0.3, 0.4) is 0 Å². The van der Waals surface area contributed by atoms with E-state index in [4.69, 9.17) is 14.2 Å². The van der Waals surface area contributed by atoms with Gasteiger partial charge in [0.2, 0.25) is 5.75 Å². The number of ether oxygens (including phenoxy) is 3. The standard InChI is InChI=1S/C20H16BrN3O6/c1-28-19(26)15-16(30-11-12-5-3-2-4-6-12)18(25)24-10-13(21)9-14(17(24)22-15)23-7-8-29-20(23)27/h2-6,9-10H,7-8,11H2,1H3. The van der Waals surface area contributed by atoms with Crippen LogP contribution in [0.1, 0.15) is 16.1 Å². The minimum absolute atomic E-state index is 0.0626. The molecule has 0 saturated carbocycles. The number of hydrogen-bond acceptors (Lipinski definition) is 7. The van der Waals surface area contributed by atoms with Crippen LogP contribution in [-0.2, 0) is 16.1 Å². The summed E-state index contributed by atoms with van der Waals surface area (Å²) in [6, 6.07) is 10.8. The number of esters is 1. The van der Waals surface area contributed by atoms with Crippen LogP contribution in [0.2, 0.25) is 0 Å². The summed E-state index contributed by atoms with van der Waals surface area (Å²) in [5, 5.41) is 0. The highest BCUT2D eigenvalue weighted by Gasteiger charge is 2.29. The molecule has 1 aliphatic heterocycles. The van der Waals surface area contributed by atoms with E-state index in [0.29, 0.717) is 16.7 Å². The van der Waals surface area contributed by atoms with Crippen molar-refractivity contribution >= 4 is 39.3 Å². The molecule has 0 radical (unpaired) electrons. The quantitative estimate of drug-likeness (QED) is 0.525. The number of rotatable bonds is 5. The van der Waals surface area contributed by atoms with Crippen LogP contribution in [0.15, 0.2) is 51.9 Å². The van der Waals surface area contributed by atoms with Crippen molar-refractivity contribution in [3.63, 3.8) is 0 Å². The number of benzene rings is 1. The predicted molar refractivity (Wildman–Crippen MR) is 110 cm³/mol. The second-order valence-corrected chi connectivity index (χ2v) is 7.28. The number of carbonyl (C=O) groups excluding carboxylic acids is 2. The SMILES string of the molecule is COC(=O)c1nc2c(N3CCOC3=O)cc(Br)cn2c(=O)c1OCc1ccccc1. The fourth-order valence-electron chi connectivity index (χ4n) is 3.08. The molecule has 30 heavy (non-hydrogen) atoms. The molecule has 0 aliphatic carbocycles. The average Bonchev–Trinajstić information content (AvgIpc) is 3.18. The number of nitrogens with zero attached hydrogens (tertiary/aromatic N) is 3. The molecule has 0 spiro atoms. The summed E-state index contributed by atoms with van der Waals surface area (Å²) in [6.07, 6.45) is 0.930. The Morgan fingerprint density at radius 2 is 2.03 bits per heavy atom. The molecule has 2 aromatic heterocycles. The van der Waals surface area contributed by atoms with Crippen molar-refractivity contribution in [2.24, 2.45) is 0 Å². The van der Waals surface area contributed by atoms with Gasteiger partial charge in [-0.25, -0.2) is 14.6 Å². The number of hydrogen-bond donors (Lipinski definition) is 0. The number of halogens is 1. The van der Waals surface area contributed by atoms with Crippen LogP contribution >= 0.6 is 15.9 Å². The lowest BCUT2D eigenvalue weighted by Gasteiger charge is -2.17. The lowest BCUT2D eigenvalue weighted by molar-refractivity contribution is 0.0588. The van der Waals surface area contributed by atoms with E-state index in [2.05, 4.69) is 20.9 Å². The van der Waals surface area contributed by atoms with E-state index in [9.17, 15) is 14.4 Å². The van der Waals surface area contributed by atoms with Gasteiger partial charge in [0.05, 0.1) is 19.3 Å². The van der Waals surface area contributed by atoms with Gasteiger partial charge in [0.1, 0.15) is 13.2 Å². The lowest BCUT2D eigenvalue weighted by atomic mass is 10.2. The van der Waals surface area contributed by atoms with E-state index in [1.54, 1.807) is 6.07 Å². The zero-order chi connectivity index (χ0) is 21.3. The maximum absolute atomic E-state index is 13.2. The molecular formula is C20H16BrN3O6. The van der Waals surface area contributed by atoms with Crippen molar-refractivity contribution in [1.29, 1.82) is 0 Å². The molecule has 9 nitrogen and oxygen atoms in total. The molecule has 3 heterocycles. The molecule has 0 N–H and O–H groups in total. The molecule has 0 atom stereocenters. The van der Waals surface area contributed by atoms with Crippen molar-refractivity contribution in [2.75, 3.05) is 25.2 Å². The third-order valence-corrected chi connectivity index (χ3v) is 4.92. The van der Waals surface area contributed by atoms with E-state index in [0.717, 1.165) is 5.56 Å². The largest absolute Gasteiger partial charge is 0.481 e. The van der Waals surface area contributed by atoms with Crippen LogP contribution < -0.4 is 15.2 Å². The highest BCUT2D eigenvalue weighted by Crippen LogP contribution is 2.28. The van der Waals surface area contributed by atoms with Gasteiger partial charge in [-0.05, 0) is 27.6 Å². The first-order valence-corrected chi connectivity index (χ1v) is 9.74. The maximum atomic E-state index is 13.2. The highest BCUT2D eigenvalue weighted by atomic mass is 79.9. The summed E-state index contributed by atoms with van der Waals surface area (Å²) in [5.74, 6) is -1.06. The van der Waals surface area contributed by atoms with Crippen molar-refractivity contribution < 1.29 is 23.8 Å². The van der Waals surface area contributed by atoms with Crippen LogP contribution in [0.25, 0.3) is 5.65 Å². The molecular weight excluding hydrogens is 458 g/mol. The van der Waals surface area contributed by atoms with Gasteiger partial charge in [-0.15, -0.1) is 0 Å². The average molecular weight is 474 g/mol. The first-order valence-electron chi connectivity index (χ1n) is 8.95. The Morgan fingerprint density at radius 1 is 1.27 bits per heavy atom. The number of cyclic esters (lactones) is 1. The summed E-state index contributed by atoms with van der Waals surface area (Å²) in [7, 11) is 1.19. The van der Waals surface area contributed by atoms with Crippen LogP contribution in [0.5, 0.6) is 5.75 Å². The molecule has 3 aromatic rings. The van der Waals surface area contributed by atoms with Gasteiger partial charge in [0.15, 0.2) is 11.3 Å². The van der Waals surface area contributed by atoms with Crippen molar-refractivity contribution in [1.82, 2.24) is 9.38 Å². The Bertz CT molecular complexity index is 1190. The summed E-state index contributed by atoms with van der Waals surface area (Å²) >= 11 is 3.35. The number of anilines is 1. The number of carbonyl (C=O) groups is 2. The van der Waals surface area contributed by atoms with Crippen LogP contribution in [-0.4, -0.2) is 41.7 Å². The van der Waals surface area contributed by atoms with Gasteiger partial charge in [0, 0.05) is 10.7 Å². The smallest absolute Gasteiger partial charge is 0.414 e. The van der Waals surface area contributed by atoms with Gasteiger partial charge >= 0.3 is 17.6 Å². The molecule has 10 heteroatoms. The number of pyridine rings is 1. The van der Waals surface area contributed by atoms with Gasteiger partial charge in [0.25, 0.3) is 0 Å². The first kappa shape index (κ1) is 19.9. The minimum atomic E-state index is -0.824. The normalized spacial score (nSPS) is 13.4. The maximum Gasteiger partial charge on any atom is 0.414 e.